The van der Waals surface area contributed by atoms with Crippen molar-refractivity contribution in [2.24, 2.45) is 5.92 Å². The Kier molecular flexibility index (Phi) is 3.59. The minimum Gasteiger partial charge on any atom is -0.307 e. The number of halogens is 1. The quantitative estimate of drug-likeness (QED) is 0.818. The average Bonchev–Trinajstić information content (AvgIpc) is 2.15. The second-order valence-electron chi connectivity index (χ2n) is 4.89. The zero-order valence-electron chi connectivity index (χ0n) is 10.0. The molecule has 2 atom stereocenters. The first-order chi connectivity index (χ1) is 7.68. The topological polar surface area (TPSA) is 12.0 Å². The van der Waals surface area contributed by atoms with E-state index in [0.29, 0.717) is 6.04 Å². The third kappa shape index (κ3) is 2.43. The number of nitrogens with one attached hydrogen (secondary N) is 1. The molecule has 2 heteroatoms. The third-order valence-corrected chi connectivity index (χ3v) is 3.74. The lowest BCUT2D eigenvalue weighted by Crippen LogP contribution is -2.38. The summed E-state index contributed by atoms with van der Waals surface area (Å²) in [6.45, 7) is 4.24. The second kappa shape index (κ2) is 4.96. The van der Waals surface area contributed by atoms with Gasteiger partial charge in [-0.15, -0.1) is 0 Å². The van der Waals surface area contributed by atoms with Gasteiger partial charge < -0.3 is 5.32 Å². The summed E-state index contributed by atoms with van der Waals surface area (Å²) in [5.41, 5.74) is 0.772. The first kappa shape index (κ1) is 11.6. The summed E-state index contributed by atoms with van der Waals surface area (Å²) in [5, 5.41) is 3.50. The largest absolute Gasteiger partial charge is 0.307 e. The normalized spacial score (nSPS) is 20.2. The van der Waals surface area contributed by atoms with E-state index in [4.69, 9.17) is 0 Å². The highest BCUT2D eigenvalue weighted by Crippen LogP contribution is 2.30. The molecule has 88 valence electrons. The summed E-state index contributed by atoms with van der Waals surface area (Å²) in [6, 6.07) is 7.60. The van der Waals surface area contributed by atoms with E-state index in [1.807, 2.05) is 19.1 Å². The summed E-state index contributed by atoms with van der Waals surface area (Å²) >= 11 is 0. The molecule has 1 aliphatic carbocycles. The van der Waals surface area contributed by atoms with Crippen molar-refractivity contribution < 1.29 is 4.39 Å². The van der Waals surface area contributed by atoms with Crippen LogP contribution in [0.15, 0.2) is 24.3 Å². The highest BCUT2D eigenvalue weighted by molar-refractivity contribution is 5.20. The van der Waals surface area contributed by atoms with Crippen LogP contribution in [0.4, 0.5) is 4.39 Å². The molecular weight excluding hydrogens is 201 g/mol. The van der Waals surface area contributed by atoms with Gasteiger partial charge >= 0.3 is 0 Å². The Hall–Kier alpha value is -0.890. The molecule has 1 aromatic rings. The van der Waals surface area contributed by atoms with E-state index in [-0.39, 0.29) is 11.9 Å². The average molecular weight is 221 g/mol. The van der Waals surface area contributed by atoms with E-state index in [0.717, 1.165) is 11.5 Å². The van der Waals surface area contributed by atoms with Crippen LogP contribution >= 0.6 is 0 Å². The Balaban J connectivity index is 1.96. The molecule has 1 fully saturated rings. The molecule has 0 spiro atoms. The van der Waals surface area contributed by atoms with Gasteiger partial charge in [0.2, 0.25) is 0 Å². The Morgan fingerprint density at radius 2 is 1.94 bits per heavy atom. The van der Waals surface area contributed by atoms with Crippen molar-refractivity contribution in [2.45, 2.75) is 45.2 Å². The Labute approximate surface area is 97.1 Å². The van der Waals surface area contributed by atoms with Crippen LogP contribution in [0, 0.1) is 11.7 Å². The molecule has 0 heterocycles. The van der Waals surface area contributed by atoms with Gasteiger partial charge in [0.25, 0.3) is 0 Å². The van der Waals surface area contributed by atoms with Crippen LogP contribution in [-0.4, -0.2) is 6.04 Å². The number of hydrogen-bond acceptors (Lipinski definition) is 1. The SMILES string of the molecule is CC(NC(C)C1CCC1)c1ccccc1F. The van der Waals surface area contributed by atoms with E-state index < -0.39 is 0 Å². The molecule has 2 unspecified atom stereocenters. The highest BCUT2D eigenvalue weighted by atomic mass is 19.1. The van der Waals surface area contributed by atoms with Crippen LogP contribution in [0.3, 0.4) is 0 Å². The molecule has 0 aliphatic heterocycles. The summed E-state index contributed by atoms with van der Waals surface area (Å²) in [7, 11) is 0. The van der Waals surface area contributed by atoms with E-state index in [1.165, 1.54) is 25.3 Å². The molecule has 0 bridgehead atoms. The standard InChI is InChI=1S/C14H20FN/c1-10(12-6-5-7-12)16-11(2)13-8-3-4-9-14(13)15/h3-4,8-12,16H,5-7H2,1-2H3. The zero-order chi connectivity index (χ0) is 11.5. The van der Waals surface area contributed by atoms with Crippen LogP contribution in [-0.2, 0) is 0 Å². The summed E-state index contributed by atoms with van der Waals surface area (Å²) in [5.74, 6) is 0.678. The smallest absolute Gasteiger partial charge is 0.127 e. The van der Waals surface area contributed by atoms with Gasteiger partial charge in [0.15, 0.2) is 0 Å². The fraction of sp³-hybridized carbons (Fsp3) is 0.571. The van der Waals surface area contributed by atoms with E-state index in [9.17, 15) is 4.39 Å². The Morgan fingerprint density at radius 1 is 1.25 bits per heavy atom. The first-order valence-corrected chi connectivity index (χ1v) is 6.19. The van der Waals surface area contributed by atoms with E-state index in [1.54, 1.807) is 6.07 Å². The molecule has 1 aliphatic rings. The Bertz CT molecular complexity index is 346. The molecule has 1 aromatic carbocycles. The molecule has 0 aromatic heterocycles. The van der Waals surface area contributed by atoms with Crippen LogP contribution in [0.5, 0.6) is 0 Å². The van der Waals surface area contributed by atoms with Gasteiger partial charge in [0, 0.05) is 17.6 Å². The molecule has 0 amide bonds. The van der Waals surface area contributed by atoms with Gasteiger partial charge in [0.1, 0.15) is 5.82 Å². The summed E-state index contributed by atoms with van der Waals surface area (Å²) in [4.78, 5) is 0. The fourth-order valence-corrected chi connectivity index (χ4v) is 2.39. The van der Waals surface area contributed by atoms with Gasteiger partial charge in [-0.3, -0.25) is 0 Å². The predicted octanol–water partition coefficient (Wildman–Crippen LogP) is 3.66. The second-order valence-corrected chi connectivity index (χ2v) is 4.89. The van der Waals surface area contributed by atoms with Gasteiger partial charge in [-0.1, -0.05) is 24.6 Å². The third-order valence-electron chi connectivity index (χ3n) is 3.74. The van der Waals surface area contributed by atoms with Crippen molar-refractivity contribution in [1.82, 2.24) is 5.32 Å². The number of hydrogen-bond donors (Lipinski definition) is 1. The van der Waals surface area contributed by atoms with Crippen molar-refractivity contribution in [2.75, 3.05) is 0 Å². The van der Waals surface area contributed by atoms with Crippen molar-refractivity contribution >= 4 is 0 Å². The first-order valence-electron chi connectivity index (χ1n) is 6.19. The molecule has 1 N–H and O–H groups in total. The minimum absolute atomic E-state index is 0.0943. The summed E-state index contributed by atoms with van der Waals surface area (Å²) < 4.78 is 13.5. The molecule has 2 rings (SSSR count). The lowest BCUT2D eigenvalue weighted by atomic mass is 9.80. The van der Waals surface area contributed by atoms with Gasteiger partial charge in [-0.05, 0) is 38.7 Å². The summed E-state index contributed by atoms with van der Waals surface area (Å²) in [6.07, 6.45) is 3.99. The van der Waals surface area contributed by atoms with E-state index in [2.05, 4.69) is 12.2 Å². The van der Waals surface area contributed by atoms with E-state index >= 15 is 0 Å². The molecular formula is C14H20FN. The molecule has 16 heavy (non-hydrogen) atoms. The van der Waals surface area contributed by atoms with Gasteiger partial charge in [0.05, 0.1) is 0 Å². The van der Waals surface area contributed by atoms with Crippen molar-refractivity contribution in [3.05, 3.63) is 35.6 Å². The van der Waals surface area contributed by atoms with Crippen molar-refractivity contribution in [3.63, 3.8) is 0 Å². The van der Waals surface area contributed by atoms with Crippen molar-refractivity contribution in [1.29, 1.82) is 0 Å². The fourth-order valence-electron chi connectivity index (χ4n) is 2.39. The maximum absolute atomic E-state index is 13.5. The molecule has 1 saturated carbocycles. The van der Waals surface area contributed by atoms with Crippen LogP contribution in [0.2, 0.25) is 0 Å². The predicted molar refractivity (Wildman–Crippen MR) is 64.8 cm³/mol. The van der Waals surface area contributed by atoms with Crippen LogP contribution in [0.25, 0.3) is 0 Å². The minimum atomic E-state index is -0.108. The molecule has 0 radical (unpaired) electrons. The maximum Gasteiger partial charge on any atom is 0.127 e. The zero-order valence-corrected chi connectivity index (χ0v) is 10.0. The lowest BCUT2D eigenvalue weighted by Gasteiger charge is -2.34. The Morgan fingerprint density at radius 3 is 2.50 bits per heavy atom. The molecule has 1 nitrogen and oxygen atoms in total. The maximum atomic E-state index is 13.5. The van der Waals surface area contributed by atoms with Gasteiger partial charge in [-0.25, -0.2) is 4.39 Å². The monoisotopic (exact) mass is 221 g/mol. The van der Waals surface area contributed by atoms with Gasteiger partial charge in [-0.2, -0.15) is 0 Å². The number of benzene rings is 1. The van der Waals surface area contributed by atoms with Crippen LogP contribution in [0.1, 0.15) is 44.7 Å². The number of rotatable bonds is 4. The highest BCUT2D eigenvalue weighted by Gasteiger charge is 2.25. The van der Waals surface area contributed by atoms with Crippen molar-refractivity contribution in [3.8, 4) is 0 Å². The van der Waals surface area contributed by atoms with Crippen LogP contribution < -0.4 is 5.32 Å². The lowest BCUT2D eigenvalue weighted by molar-refractivity contribution is 0.229. The molecule has 0 saturated heterocycles.